The number of ketones is 1. The van der Waals surface area contributed by atoms with E-state index in [0.717, 1.165) is 0 Å². The molecule has 100 valence electrons. The average Bonchev–Trinajstić information content (AvgIpc) is 2.13. The van der Waals surface area contributed by atoms with E-state index in [4.69, 9.17) is 0 Å². The molecule has 0 saturated heterocycles. The highest BCUT2D eigenvalue weighted by Gasteiger charge is 2.43. The summed E-state index contributed by atoms with van der Waals surface area (Å²) in [4.78, 5) is 11.1. The fourth-order valence-electron chi connectivity index (χ4n) is 1.12. The van der Waals surface area contributed by atoms with Crippen molar-refractivity contribution in [1.29, 1.82) is 0 Å². The first-order valence-corrected chi connectivity index (χ1v) is 5.30. The summed E-state index contributed by atoms with van der Waals surface area (Å²) in [5.41, 5.74) is -3.26. The second kappa shape index (κ2) is 4.73. The topological polar surface area (TPSA) is 17.1 Å². The van der Waals surface area contributed by atoms with Crippen LogP contribution in [0.1, 0.15) is 15.9 Å². The molecule has 0 amide bonds. The maximum Gasteiger partial charge on any atom is 0.419 e. The van der Waals surface area contributed by atoms with Gasteiger partial charge in [0.05, 0.1) is 11.1 Å². The molecular formula is C9H2BrClF6O. The summed E-state index contributed by atoms with van der Waals surface area (Å²) >= 11 is 6.90. The zero-order valence-corrected chi connectivity index (χ0v) is 10.4. The number of carbonyl (C=O) groups excluding carboxylic acids is 1. The minimum Gasteiger partial charge on any atom is -0.286 e. The van der Waals surface area contributed by atoms with Gasteiger partial charge in [0, 0.05) is 4.47 Å². The van der Waals surface area contributed by atoms with Gasteiger partial charge in [0.25, 0.3) is 5.78 Å². The standard InChI is InChI=1S/C9H2BrClF6O/c10-4-2-1-3(9(15,16)17)6(12)5(4)7(18)8(11,13)14/h1-2H. The van der Waals surface area contributed by atoms with Crippen molar-refractivity contribution in [1.82, 2.24) is 0 Å². The lowest BCUT2D eigenvalue weighted by Crippen LogP contribution is -2.24. The molecule has 0 spiro atoms. The number of hydrogen-bond donors (Lipinski definition) is 0. The summed E-state index contributed by atoms with van der Waals surface area (Å²) in [7, 11) is 0. The zero-order chi connectivity index (χ0) is 14.3. The van der Waals surface area contributed by atoms with E-state index >= 15 is 0 Å². The Kier molecular flexibility index (Phi) is 4.02. The van der Waals surface area contributed by atoms with Crippen LogP contribution in [0.25, 0.3) is 0 Å². The van der Waals surface area contributed by atoms with E-state index in [1.165, 1.54) is 0 Å². The van der Waals surface area contributed by atoms with Crippen molar-refractivity contribution in [2.75, 3.05) is 0 Å². The second-order valence-electron chi connectivity index (χ2n) is 3.11. The fraction of sp³-hybridized carbons (Fsp3) is 0.222. The molecule has 0 unspecified atom stereocenters. The third kappa shape index (κ3) is 2.97. The maximum absolute atomic E-state index is 13.4. The van der Waals surface area contributed by atoms with Crippen LogP contribution in [0.4, 0.5) is 26.3 Å². The molecule has 0 radical (unpaired) electrons. The van der Waals surface area contributed by atoms with Gasteiger partial charge in [-0.1, -0.05) is 0 Å². The minimum absolute atomic E-state index is 0.322. The number of carbonyl (C=O) groups is 1. The molecule has 1 nitrogen and oxygen atoms in total. The normalized spacial score (nSPS) is 12.7. The second-order valence-corrected chi connectivity index (χ2v) is 4.44. The van der Waals surface area contributed by atoms with Gasteiger partial charge in [0.2, 0.25) is 0 Å². The molecule has 0 saturated carbocycles. The zero-order valence-electron chi connectivity index (χ0n) is 8.09. The Balaban J connectivity index is 3.51. The largest absolute Gasteiger partial charge is 0.419 e. The molecule has 1 aromatic carbocycles. The summed E-state index contributed by atoms with van der Waals surface area (Å²) in [6, 6.07) is 0.963. The molecule has 9 heteroatoms. The van der Waals surface area contributed by atoms with Gasteiger partial charge in [0.1, 0.15) is 5.82 Å². The van der Waals surface area contributed by atoms with Gasteiger partial charge >= 0.3 is 11.6 Å². The Morgan fingerprint density at radius 2 is 1.67 bits per heavy atom. The van der Waals surface area contributed by atoms with Gasteiger partial charge in [0.15, 0.2) is 0 Å². The van der Waals surface area contributed by atoms with Crippen molar-refractivity contribution < 1.29 is 31.1 Å². The molecular weight excluding hydrogens is 353 g/mol. The van der Waals surface area contributed by atoms with E-state index in [1.54, 1.807) is 0 Å². The summed E-state index contributed by atoms with van der Waals surface area (Å²) in [6.45, 7) is 0. The SMILES string of the molecule is O=C(c1c(Br)ccc(C(F)(F)F)c1F)C(F)(F)Cl. The van der Waals surface area contributed by atoms with Gasteiger partial charge in [-0.3, -0.25) is 4.79 Å². The number of Topliss-reactive ketones (excluding diaryl/α,β-unsaturated/α-hetero) is 1. The minimum atomic E-state index is -5.11. The van der Waals surface area contributed by atoms with Crippen molar-refractivity contribution in [3.8, 4) is 0 Å². The van der Waals surface area contributed by atoms with Crippen molar-refractivity contribution in [3.63, 3.8) is 0 Å². The molecule has 0 aliphatic carbocycles. The van der Waals surface area contributed by atoms with E-state index in [0.29, 0.717) is 12.1 Å². The predicted octanol–water partition coefficient (Wildman–Crippen LogP) is 4.62. The van der Waals surface area contributed by atoms with Crippen LogP contribution in [0.15, 0.2) is 16.6 Å². The molecule has 0 N–H and O–H groups in total. The van der Waals surface area contributed by atoms with E-state index in [2.05, 4.69) is 27.5 Å². The maximum atomic E-state index is 13.4. The molecule has 0 atom stereocenters. The first-order chi connectivity index (χ1) is 7.96. The highest BCUT2D eigenvalue weighted by Crippen LogP contribution is 2.37. The van der Waals surface area contributed by atoms with Crippen LogP contribution in [-0.2, 0) is 6.18 Å². The first kappa shape index (κ1) is 15.3. The third-order valence-electron chi connectivity index (χ3n) is 1.88. The smallest absolute Gasteiger partial charge is 0.286 e. The number of halogens is 8. The van der Waals surface area contributed by atoms with Crippen molar-refractivity contribution in [2.45, 2.75) is 11.6 Å². The number of benzene rings is 1. The van der Waals surface area contributed by atoms with Gasteiger partial charge in [-0.2, -0.15) is 22.0 Å². The van der Waals surface area contributed by atoms with Gasteiger partial charge in [-0.15, -0.1) is 0 Å². The number of alkyl halides is 6. The molecule has 0 heterocycles. The highest BCUT2D eigenvalue weighted by molar-refractivity contribution is 9.10. The van der Waals surface area contributed by atoms with E-state index in [9.17, 15) is 31.1 Å². The molecule has 0 aliphatic rings. The molecule has 1 aromatic rings. The lowest BCUT2D eigenvalue weighted by Gasteiger charge is -2.13. The predicted molar refractivity (Wildman–Crippen MR) is 54.2 cm³/mol. The van der Waals surface area contributed by atoms with Crippen molar-refractivity contribution in [2.24, 2.45) is 0 Å². The summed E-state index contributed by atoms with van der Waals surface area (Å²) in [5, 5.41) is -4.49. The summed E-state index contributed by atoms with van der Waals surface area (Å²) in [6.07, 6.45) is -5.11. The van der Waals surface area contributed by atoms with E-state index in [-0.39, 0.29) is 0 Å². The first-order valence-electron chi connectivity index (χ1n) is 4.13. The van der Waals surface area contributed by atoms with Gasteiger partial charge in [-0.25, -0.2) is 4.39 Å². The number of hydrogen-bond acceptors (Lipinski definition) is 1. The summed E-state index contributed by atoms with van der Waals surface area (Å²) < 4.78 is 75.0. The Morgan fingerprint density at radius 1 is 1.17 bits per heavy atom. The van der Waals surface area contributed by atoms with Crippen molar-refractivity contribution >= 4 is 33.3 Å². The molecule has 0 fully saturated rings. The highest BCUT2D eigenvalue weighted by atomic mass is 79.9. The molecule has 0 bridgehead atoms. The Morgan fingerprint density at radius 3 is 2.06 bits per heavy atom. The fourth-order valence-corrected chi connectivity index (χ4v) is 1.70. The van der Waals surface area contributed by atoms with Crippen LogP contribution in [0.3, 0.4) is 0 Å². The van der Waals surface area contributed by atoms with Crippen LogP contribution in [0.2, 0.25) is 0 Å². The molecule has 18 heavy (non-hydrogen) atoms. The van der Waals surface area contributed by atoms with Crippen molar-refractivity contribution in [3.05, 3.63) is 33.5 Å². The lowest BCUT2D eigenvalue weighted by atomic mass is 10.1. The van der Waals surface area contributed by atoms with Crippen LogP contribution in [0.5, 0.6) is 0 Å². The Bertz CT molecular complexity index is 493. The van der Waals surface area contributed by atoms with Crippen LogP contribution in [-0.4, -0.2) is 11.2 Å². The third-order valence-corrected chi connectivity index (χ3v) is 2.71. The molecule has 1 rings (SSSR count). The number of rotatable bonds is 2. The summed E-state index contributed by atoms with van der Waals surface area (Å²) in [5.74, 6) is -4.35. The van der Waals surface area contributed by atoms with Gasteiger partial charge < -0.3 is 0 Å². The quantitative estimate of drug-likeness (QED) is 0.430. The monoisotopic (exact) mass is 354 g/mol. The molecule has 0 aromatic heterocycles. The van der Waals surface area contributed by atoms with E-state index < -0.39 is 38.8 Å². The average molecular weight is 355 g/mol. The van der Waals surface area contributed by atoms with Gasteiger partial charge in [-0.05, 0) is 39.7 Å². The lowest BCUT2D eigenvalue weighted by molar-refractivity contribution is -0.140. The molecule has 0 aliphatic heterocycles. The Labute approximate surface area is 110 Å². The van der Waals surface area contributed by atoms with Crippen LogP contribution < -0.4 is 0 Å². The van der Waals surface area contributed by atoms with Crippen LogP contribution >= 0.6 is 27.5 Å². The Hall–Kier alpha value is -0.760. The van der Waals surface area contributed by atoms with Crippen LogP contribution in [0, 0.1) is 5.82 Å². The van der Waals surface area contributed by atoms with E-state index in [1.807, 2.05) is 0 Å².